The molecule has 0 bridgehead atoms. The molecule has 0 saturated heterocycles. The second-order valence-electron chi connectivity index (χ2n) is 5.54. The van der Waals surface area contributed by atoms with E-state index in [1.54, 1.807) is 0 Å². The minimum atomic E-state index is 0.0756. The Morgan fingerprint density at radius 2 is 1.86 bits per heavy atom. The van der Waals surface area contributed by atoms with Crippen LogP contribution in [0.4, 0.5) is 0 Å². The first-order valence-corrected chi connectivity index (χ1v) is 7.67. The van der Waals surface area contributed by atoms with Crippen molar-refractivity contribution in [2.45, 2.75) is 32.6 Å². The Hall–Kier alpha value is -2.09. The quantitative estimate of drug-likeness (QED) is 0.767. The summed E-state index contributed by atoms with van der Waals surface area (Å²) in [4.78, 5) is 12.6. The van der Waals surface area contributed by atoms with Crippen molar-refractivity contribution < 1.29 is 9.53 Å². The van der Waals surface area contributed by atoms with Gasteiger partial charge in [-0.1, -0.05) is 31.2 Å². The zero-order chi connectivity index (χ0) is 14.7. The Labute approximate surface area is 125 Å². The molecule has 0 spiro atoms. The van der Waals surface area contributed by atoms with Gasteiger partial charge < -0.3 is 4.74 Å². The number of hydrogen-bond donors (Lipinski definition) is 0. The van der Waals surface area contributed by atoms with Gasteiger partial charge in [-0.3, -0.25) is 4.79 Å². The van der Waals surface area contributed by atoms with Gasteiger partial charge in [-0.2, -0.15) is 0 Å². The van der Waals surface area contributed by atoms with Crippen LogP contribution < -0.4 is 4.74 Å². The van der Waals surface area contributed by atoms with Gasteiger partial charge in [0.05, 0.1) is 6.61 Å². The van der Waals surface area contributed by atoms with Crippen LogP contribution in [-0.4, -0.2) is 12.4 Å². The molecule has 21 heavy (non-hydrogen) atoms. The molecular weight excluding hydrogens is 260 g/mol. The number of benzene rings is 2. The lowest BCUT2D eigenvalue weighted by Gasteiger charge is -2.08. The average Bonchev–Trinajstić information content (AvgIpc) is 3.00. The molecule has 0 radical (unpaired) electrons. The van der Waals surface area contributed by atoms with Crippen molar-refractivity contribution in [3.05, 3.63) is 64.7 Å². The highest BCUT2D eigenvalue weighted by Gasteiger charge is 2.15. The molecule has 0 atom stereocenters. The minimum absolute atomic E-state index is 0.0756. The maximum atomic E-state index is 12.6. The Bertz CT molecular complexity index is 658. The second-order valence-corrected chi connectivity index (χ2v) is 5.54. The Morgan fingerprint density at radius 1 is 1.05 bits per heavy atom. The molecule has 0 amide bonds. The molecule has 2 aromatic carbocycles. The maximum Gasteiger partial charge on any atom is 0.193 e. The van der Waals surface area contributed by atoms with Crippen molar-refractivity contribution in [2.75, 3.05) is 6.61 Å². The Morgan fingerprint density at radius 3 is 2.71 bits per heavy atom. The lowest BCUT2D eigenvalue weighted by Crippen LogP contribution is -2.03. The lowest BCUT2D eigenvalue weighted by molar-refractivity contribution is 0.103. The predicted octanol–water partition coefficient (Wildman–Crippen LogP) is 4.20. The first-order valence-electron chi connectivity index (χ1n) is 7.67. The van der Waals surface area contributed by atoms with Crippen LogP contribution in [0.1, 0.15) is 46.8 Å². The fraction of sp³-hybridized carbons (Fsp3) is 0.316. The molecule has 3 rings (SSSR count). The molecule has 0 saturated carbocycles. The van der Waals surface area contributed by atoms with Crippen molar-refractivity contribution in [2.24, 2.45) is 0 Å². The van der Waals surface area contributed by atoms with Gasteiger partial charge in [-0.15, -0.1) is 0 Å². The van der Waals surface area contributed by atoms with E-state index in [0.29, 0.717) is 12.2 Å². The number of hydrogen-bond acceptors (Lipinski definition) is 2. The average molecular weight is 280 g/mol. The monoisotopic (exact) mass is 280 g/mol. The molecule has 108 valence electrons. The van der Waals surface area contributed by atoms with E-state index in [4.69, 9.17) is 4.74 Å². The normalized spacial score (nSPS) is 13.0. The summed E-state index contributed by atoms with van der Waals surface area (Å²) in [5.74, 6) is 0.843. The predicted molar refractivity (Wildman–Crippen MR) is 84.1 cm³/mol. The van der Waals surface area contributed by atoms with Crippen molar-refractivity contribution in [1.82, 2.24) is 0 Å². The van der Waals surface area contributed by atoms with Gasteiger partial charge in [0.25, 0.3) is 0 Å². The van der Waals surface area contributed by atoms with Crippen LogP contribution in [0, 0.1) is 0 Å². The fourth-order valence-corrected chi connectivity index (χ4v) is 2.83. The number of carbonyl (C=O) groups is 1. The van der Waals surface area contributed by atoms with Crippen LogP contribution in [0.5, 0.6) is 5.75 Å². The van der Waals surface area contributed by atoms with Gasteiger partial charge in [0.15, 0.2) is 5.78 Å². The molecular formula is C19H20O2. The summed E-state index contributed by atoms with van der Waals surface area (Å²) in [5, 5.41) is 0. The van der Waals surface area contributed by atoms with Gasteiger partial charge in [0.2, 0.25) is 0 Å². The van der Waals surface area contributed by atoms with Crippen molar-refractivity contribution >= 4 is 5.78 Å². The molecule has 1 aliphatic rings. The molecule has 0 fully saturated rings. The maximum absolute atomic E-state index is 12.6. The third-order valence-electron chi connectivity index (χ3n) is 3.93. The standard InChI is InChI=1S/C19H20O2/c1-2-11-21-18-8-4-7-16(13-18)19(20)17-10-9-14-5-3-6-15(14)12-17/h4,7-10,12-13H,2-3,5-6,11H2,1H3. The molecule has 0 aliphatic heterocycles. The SMILES string of the molecule is CCCOc1cccc(C(=O)c2ccc3c(c2)CCC3)c1. The minimum Gasteiger partial charge on any atom is -0.494 e. The van der Waals surface area contributed by atoms with Crippen LogP contribution >= 0.6 is 0 Å². The number of ketones is 1. The van der Waals surface area contributed by atoms with Crippen molar-refractivity contribution in [3.8, 4) is 5.75 Å². The van der Waals surface area contributed by atoms with E-state index in [1.165, 1.54) is 17.5 Å². The first-order chi connectivity index (χ1) is 10.3. The molecule has 2 heteroatoms. The van der Waals surface area contributed by atoms with Gasteiger partial charge in [-0.05, 0) is 55.0 Å². The second kappa shape index (κ2) is 6.13. The van der Waals surface area contributed by atoms with Crippen LogP contribution in [0.15, 0.2) is 42.5 Å². The summed E-state index contributed by atoms with van der Waals surface area (Å²) < 4.78 is 5.60. The first kappa shape index (κ1) is 13.9. The number of rotatable bonds is 5. The summed E-state index contributed by atoms with van der Waals surface area (Å²) in [7, 11) is 0. The zero-order valence-electron chi connectivity index (χ0n) is 12.4. The van der Waals surface area contributed by atoms with E-state index in [9.17, 15) is 4.79 Å². The third-order valence-corrected chi connectivity index (χ3v) is 3.93. The Kier molecular flexibility index (Phi) is 4.05. The van der Waals surface area contributed by atoms with E-state index in [-0.39, 0.29) is 5.78 Å². The van der Waals surface area contributed by atoms with Crippen LogP contribution in [0.3, 0.4) is 0 Å². The van der Waals surface area contributed by atoms with Gasteiger partial charge in [0.1, 0.15) is 5.75 Å². The zero-order valence-corrected chi connectivity index (χ0v) is 12.4. The van der Waals surface area contributed by atoms with Gasteiger partial charge in [-0.25, -0.2) is 0 Å². The van der Waals surface area contributed by atoms with Crippen LogP contribution in [-0.2, 0) is 12.8 Å². The van der Waals surface area contributed by atoms with E-state index < -0.39 is 0 Å². The van der Waals surface area contributed by atoms with E-state index >= 15 is 0 Å². The van der Waals surface area contributed by atoms with Crippen molar-refractivity contribution in [1.29, 1.82) is 0 Å². The summed E-state index contributed by atoms with van der Waals surface area (Å²) in [5.41, 5.74) is 4.20. The van der Waals surface area contributed by atoms with E-state index in [2.05, 4.69) is 19.1 Å². The number of carbonyl (C=O) groups excluding carboxylic acids is 1. The van der Waals surface area contributed by atoms with Gasteiger partial charge in [0, 0.05) is 11.1 Å². The summed E-state index contributed by atoms with van der Waals surface area (Å²) in [6, 6.07) is 13.6. The van der Waals surface area contributed by atoms with E-state index in [0.717, 1.165) is 30.6 Å². The number of fused-ring (bicyclic) bond motifs is 1. The highest BCUT2D eigenvalue weighted by atomic mass is 16.5. The summed E-state index contributed by atoms with van der Waals surface area (Å²) >= 11 is 0. The fourth-order valence-electron chi connectivity index (χ4n) is 2.83. The number of aryl methyl sites for hydroxylation is 2. The molecule has 0 aromatic heterocycles. The smallest absolute Gasteiger partial charge is 0.193 e. The van der Waals surface area contributed by atoms with Crippen molar-refractivity contribution in [3.63, 3.8) is 0 Å². The van der Waals surface area contributed by atoms with E-state index in [1.807, 2.05) is 30.3 Å². The summed E-state index contributed by atoms with van der Waals surface area (Å²) in [6.07, 6.45) is 4.40. The molecule has 0 N–H and O–H groups in total. The topological polar surface area (TPSA) is 26.3 Å². The largest absolute Gasteiger partial charge is 0.494 e. The highest BCUT2D eigenvalue weighted by Crippen LogP contribution is 2.24. The van der Waals surface area contributed by atoms with Crippen LogP contribution in [0.2, 0.25) is 0 Å². The molecule has 1 aliphatic carbocycles. The molecule has 2 aromatic rings. The number of ether oxygens (including phenoxy) is 1. The van der Waals surface area contributed by atoms with Gasteiger partial charge >= 0.3 is 0 Å². The third kappa shape index (κ3) is 2.99. The molecule has 0 heterocycles. The lowest BCUT2D eigenvalue weighted by atomic mass is 9.99. The Balaban J connectivity index is 1.84. The summed E-state index contributed by atoms with van der Waals surface area (Å²) in [6.45, 7) is 2.75. The molecule has 0 unspecified atom stereocenters. The van der Waals surface area contributed by atoms with Crippen LogP contribution in [0.25, 0.3) is 0 Å². The highest BCUT2D eigenvalue weighted by molar-refractivity contribution is 6.09. The molecule has 2 nitrogen and oxygen atoms in total.